The molecule has 0 heterocycles. The van der Waals surface area contributed by atoms with Crippen LogP contribution < -0.4 is 10.6 Å². The summed E-state index contributed by atoms with van der Waals surface area (Å²) in [6.45, 7) is 4.32. The number of nitrogens with zero attached hydrogens (tertiary/aromatic N) is 1. The maximum absolute atomic E-state index is 11.7. The molecule has 0 radical (unpaired) electrons. The molecule has 0 saturated carbocycles. The molecular formula is C14H19N3O4. The first-order valence-corrected chi connectivity index (χ1v) is 6.68. The van der Waals surface area contributed by atoms with Gasteiger partial charge in [-0.2, -0.15) is 0 Å². The van der Waals surface area contributed by atoms with Gasteiger partial charge in [0.1, 0.15) is 0 Å². The second-order valence-electron chi connectivity index (χ2n) is 4.90. The summed E-state index contributed by atoms with van der Waals surface area (Å²) >= 11 is 0. The van der Waals surface area contributed by atoms with Gasteiger partial charge in [0, 0.05) is 31.1 Å². The Morgan fingerprint density at radius 1 is 1.14 bits per heavy atom. The first kappa shape index (κ1) is 16.6. The number of nitro groups is 1. The molecule has 2 N–H and O–H groups in total. The Hall–Kier alpha value is -2.44. The predicted octanol–water partition coefficient (Wildman–Crippen LogP) is 1.03. The maximum atomic E-state index is 11.7. The Morgan fingerprint density at radius 3 is 2.24 bits per heavy atom. The molecule has 0 bridgehead atoms. The van der Waals surface area contributed by atoms with Crippen molar-refractivity contribution in [2.75, 3.05) is 13.1 Å². The quantitative estimate of drug-likeness (QED) is 0.445. The minimum absolute atomic E-state index is 0.00411. The monoisotopic (exact) mass is 293 g/mol. The number of nitro benzene ring substituents is 1. The van der Waals surface area contributed by atoms with Gasteiger partial charge in [0.15, 0.2) is 0 Å². The highest BCUT2D eigenvalue weighted by atomic mass is 16.6. The molecule has 2 amide bonds. The van der Waals surface area contributed by atoms with E-state index in [1.807, 2.05) is 0 Å². The average molecular weight is 293 g/mol. The van der Waals surface area contributed by atoms with Crippen molar-refractivity contribution in [2.24, 2.45) is 5.92 Å². The standard InChI is InChI=1S/C14H19N3O4/c1-10(2)14(19)16-8-7-15-13(18)9-11-3-5-12(6-4-11)17(20)21/h3-6,10H,7-9H2,1-2H3,(H,15,18)(H,16,19). The van der Waals surface area contributed by atoms with E-state index in [1.54, 1.807) is 26.0 Å². The smallest absolute Gasteiger partial charge is 0.269 e. The molecule has 0 aliphatic carbocycles. The SMILES string of the molecule is CC(C)C(=O)NCCNC(=O)Cc1ccc([N+](=O)[O-])cc1. The lowest BCUT2D eigenvalue weighted by atomic mass is 10.1. The van der Waals surface area contributed by atoms with Crippen molar-refractivity contribution in [3.05, 3.63) is 39.9 Å². The third-order valence-corrected chi connectivity index (χ3v) is 2.78. The van der Waals surface area contributed by atoms with Crippen LogP contribution in [0.4, 0.5) is 5.69 Å². The summed E-state index contributed by atoms with van der Waals surface area (Å²) in [5.41, 5.74) is 0.694. The third kappa shape index (κ3) is 6.03. The van der Waals surface area contributed by atoms with E-state index in [-0.39, 0.29) is 29.8 Å². The Labute approximate surface area is 122 Å². The van der Waals surface area contributed by atoms with E-state index >= 15 is 0 Å². The van der Waals surface area contributed by atoms with E-state index in [1.165, 1.54) is 12.1 Å². The number of rotatable bonds is 7. The van der Waals surface area contributed by atoms with Crippen molar-refractivity contribution in [3.8, 4) is 0 Å². The molecule has 0 unspecified atom stereocenters. The zero-order valence-corrected chi connectivity index (χ0v) is 12.1. The van der Waals surface area contributed by atoms with Crippen LogP contribution in [0.2, 0.25) is 0 Å². The second-order valence-corrected chi connectivity index (χ2v) is 4.90. The highest BCUT2D eigenvalue weighted by Gasteiger charge is 2.08. The Morgan fingerprint density at radius 2 is 1.71 bits per heavy atom. The number of hydrogen-bond donors (Lipinski definition) is 2. The number of carbonyl (C=O) groups is 2. The first-order valence-electron chi connectivity index (χ1n) is 6.68. The van der Waals surface area contributed by atoms with Crippen LogP contribution in [0.1, 0.15) is 19.4 Å². The summed E-state index contributed by atoms with van der Waals surface area (Å²) in [5.74, 6) is -0.330. The van der Waals surface area contributed by atoms with Crippen LogP contribution in [0.5, 0.6) is 0 Å². The highest BCUT2D eigenvalue weighted by molar-refractivity contribution is 5.79. The number of amides is 2. The molecule has 0 fully saturated rings. The molecule has 0 aliphatic heterocycles. The van der Waals surface area contributed by atoms with Crippen LogP contribution in [0.3, 0.4) is 0 Å². The first-order chi connectivity index (χ1) is 9.90. The number of non-ortho nitro benzene ring substituents is 1. The molecule has 1 aromatic carbocycles. The van der Waals surface area contributed by atoms with Crippen LogP contribution >= 0.6 is 0 Å². The lowest BCUT2D eigenvalue weighted by Crippen LogP contribution is -2.36. The van der Waals surface area contributed by atoms with Gasteiger partial charge < -0.3 is 10.6 Å². The van der Waals surface area contributed by atoms with Crippen LogP contribution in [0, 0.1) is 16.0 Å². The Kier molecular flexibility index (Phi) is 6.32. The van der Waals surface area contributed by atoms with Crippen LogP contribution in [0.15, 0.2) is 24.3 Å². The predicted molar refractivity (Wildman–Crippen MR) is 77.7 cm³/mol. The molecule has 0 spiro atoms. The molecule has 7 heteroatoms. The molecule has 1 rings (SSSR count). The zero-order chi connectivity index (χ0) is 15.8. The molecule has 0 saturated heterocycles. The average Bonchev–Trinajstić information content (AvgIpc) is 2.43. The van der Waals surface area contributed by atoms with Gasteiger partial charge in [-0.1, -0.05) is 26.0 Å². The van der Waals surface area contributed by atoms with E-state index in [0.717, 1.165) is 0 Å². The van der Waals surface area contributed by atoms with Crippen LogP contribution in [0.25, 0.3) is 0 Å². The summed E-state index contributed by atoms with van der Waals surface area (Å²) in [5, 5.41) is 15.9. The number of hydrogen-bond acceptors (Lipinski definition) is 4. The molecular weight excluding hydrogens is 274 g/mol. The Balaban J connectivity index is 2.30. The van der Waals surface area contributed by atoms with Gasteiger partial charge in [0.05, 0.1) is 11.3 Å². The van der Waals surface area contributed by atoms with Gasteiger partial charge in [-0.25, -0.2) is 0 Å². The van der Waals surface area contributed by atoms with E-state index in [4.69, 9.17) is 0 Å². The topological polar surface area (TPSA) is 101 Å². The van der Waals surface area contributed by atoms with Crippen LogP contribution in [-0.4, -0.2) is 29.8 Å². The number of benzene rings is 1. The highest BCUT2D eigenvalue weighted by Crippen LogP contribution is 2.12. The summed E-state index contributed by atoms with van der Waals surface area (Å²) in [6.07, 6.45) is 0.149. The van der Waals surface area contributed by atoms with Crippen molar-refractivity contribution >= 4 is 17.5 Å². The van der Waals surface area contributed by atoms with Crippen LogP contribution in [-0.2, 0) is 16.0 Å². The fourth-order valence-electron chi connectivity index (χ4n) is 1.58. The van der Waals surface area contributed by atoms with Gasteiger partial charge in [0.25, 0.3) is 5.69 Å². The molecule has 21 heavy (non-hydrogen) atoms. The summed E-state index contributed by atoms with van der Waals surface area (Å²) in [6, 6.07) is 5.84. The van der Waals surface area contributed by atoms with Gasteiger partial charge in [-0.3, -0.25) is 19.7 Å². The molecule has 0 aliphatic rings. The van der Waals surface area contributed by atoms with Crippen molar-refractivity contribution in [1.29, 1.82) is 0 Å². The third-order valence-electron chi connectivity index (χ3n) is 2.78. The van der Waals surface area contributed by atoms with Gasteiger partial charge in [-0.15, -0.1) is 0 Å². The second kappa shape index (κ2) is 7.98. The van der Waals surface area contributed by atoms with Gasteiger partial charge in [-0.05, 0) is 5.56 Å². The zero-order valence-electron chi connectivity index (χ0n) is 12.1. The number of nitrogens with one attached hydrogen (secondary N) is 2. The lowest BCUT2D eigenvalue weighted by molar-refractivity contribution is -0.384. The minimum Gasteiger partial charge on any atom is -0.354 e. The minimum atomic E-state index is -0.485. The molecule has 0 atom stereocenters. The largest absolute Gasteiger partial charge is 0.354 e. The van der Waals surface area contributed by atoms with E-state index in [2.05, 4.69) is 10.6 Å². The van der Waals surface area contributed by atoms with Gasteiger partial charge >= 0.3 is 0 Å². The van der Waals surface area contributed by atoms with Crippen molar-refractivity contribution in [2.45, 2.75) is 20.3 Å². The fourth-order valence-corrected chi connectivity index (χ4v) is 1.58. The maximum Gasteiger partial charge on any atom is 0.269 e. The summed E-state index contributed by atoms with van der Waals surface area (Å²) in [4.78, 5) is 33.0. The fraction of sp³-hybridized carbons (Fsp3) is 0.429. The van der Waals surface area contributed by atoms with E-state index < -0.39 is 4.92 Å². The number of carbonyl (C=O) groups excluding carboxylic acids is 2. The van der Waals surface area contributed by atoms with Crippen molar-refractivity contribution in [3.63, 3.8) is 0 Å². The summed E-state index contributed by atoms with van der Waals surface area (Å²) in [7, 11) is 0. The van der Waals surface area contributed by atoms with E-state index in [9.17, 15) is 19.7 Å². The van der Waals surface area contributed by atoms with Gasteiger partial charge in [0.2, 0.25) is 11.8 Å². The lowest BCUT2D eigenvalue weighted by Gasteiger charge is -2.08. The Bertz CT molecular complexity index is 511. The van der Waals surface area contributed by atoms with Crippen molar-refractivity contribution in [1.82, 2.24) is 10.6 Å². The van der Waals surface area contributed by atoms with Crippen molar-refractivity contribution < 1.29 is 14.5 Å². The molecule has 1 aromatic rings. The van der Waals surface area contributed by atoms with E-state index in [0.29, 0.717) is 18.7 Å². The molecule has 114 valence electrons. The normalized spacial score (nSPS) is 10.2. The molecule has 0 aromatic heterocycles. The summed E-state index contributed by atoms with van der Waals surface area (Å²) < 4.78 is 0. The molecule has 7 nitrogen and oxygen atoms in total.